The van der Waals surface area contributed by atoms with E-state index in [9.17, 15) is 14.4 Å². The summed E-state index contributed by atoms with van der Waals surface area (Å²) in [5.74, 6) is -1.69. The highest BCUT2D eigenvalue weighted by atomic mass is 35.5. The van der Waals surface area contributed by atoms with E-state index in [0.29, 0.717) is 16.2 Å². The van der Waals surface area contributed by atoms with Crippen molar-refractivity contribution >= 4 is 47.3 Å². The number of carbonyl (C=O) groups is 3. The second-order valence-electron chi connectivity index (χ2n) is 5.02. The number of ether oxygens (including phenoxy) is 1. The molecule has 0 heterocycles. The smallest absolute Gasteiger partial charge is 0.334 e. The van der Waals surface area contributed by atoms with Crippen LogP contribution in [0.2, 0.25) is 5.02 Å². The average Bonchev–Trinajstić information content (AvgIpc) is 2.54. The van der Waals surface area contributed by atoms with E-state index in [4.69, 9.17) is 21.4 Å². The molecular formula is C17H20ClNO5S. The second-order valence-corrected chi connectivity index (χ2v) is 6.46. The van der Waals surface area contributed by atoms with E-state index in [1.165, 1.54) is 18.7 Å². The van der Waals surface area contributed by atoms with Gasteiger partial charge in [-0.15, -0.1) is 0 Å². The van der Waals surface area contributed by atoms with Crippen molar-refractivity contribution in [2.24, 2.45) is 0 Å². The van der Waals surface area contributed by atoms with E-state index in [0.717, 1.165) is 0 Å². The molecule has 0 saturated carbocycles. The largest absolute Gasteiger partial charge is 0.480 e. The summed E-state index contributed by atoms with van der Waals surface area (Å²) in [6.45, 7) is 3.18. The first-order chi connectivity index (χ1) is 11.8. The van der Waals surface area contributed by atoms with Gasteiger partial charge in [0.1, 0.15) is 6.04 Å². The number of benzene rings is 1. The van der Waals surface area contributed by atoms with Gasteiger partial charge in [-0.2, -0.15) is 11.8 Å². The molecule has 1 aromatic rings. The lowest BCUT2D eigenvalue weighted by Gasteiger charge is -2.13. The van der Waals surface area contributed by atoms with Gasteiger partial charge in [-0.3, -0.25) is 4.79 Å². The number of amides is 1. The van der Waals surface area contributed by atoms with Gasteiger partial charge in [0.2, 0.25) is 5.91 Å². The van der Waals surface area contributed by atoms with Crippen LogP contribution in [0.15, 0.2) is 29.8 Å². The zero-order valence-corrected chi connectivity index (χ0v) is 15.5. The molecule has 0 aliphatic carbocycles. The van der Waals surface area contributed by atoms with Gasteiger partial charge in [-0.25, -0.2) is 9.59 Å². The lowest BCUT2D eigenvalue weighted by molar-refractivity contribution is -0.140. The molecule has 0 saturated heterocycles. The third kappa shape index (κ3) is 7.62. The maximum Gasteiger partial charge on any atom is 0.334 e. The summed E-state index contributed by atoms with van der Waals surface area (Å²) in [5.41, 5.74) is 1.04. The van der Waals surface area contributed by atoms with Crippen LogP contribution >= 0.6 is 23.4 Å². The highest BCUT2D eigenvalue weighted by Gasteiger charge is 2.19. The van der Waals surface area contributed by atoms with Crippen LogP contribution in [-0.2, 0) is 19.1 Å². The van der Waals surface area contributed by atoms with E-state index >= 15 is 0 Å². The topological polar surface area (TPSA) is 92.7 Å². The molecule has 2 N–H and O–H groups in total. The second kappa shape index (κ2) is 10.8. The number of carboxylic acids is 1. The molecule has 6 nitrogen and oxygen atoms in total. The maximum absolute atomic E-state index is 12.1. The van der Waals surface area contributed by atoms with Crippen LogP contribution in [0, 0.1) is 0 Å². The fraction of sp³-hybridized carbons (Fsp3) is 0.353. The molecule has 0 aliphatic heterocycles. The molecule has 25 heavy (non-hydrogen) atoms. The fourth-order valence-corrected chi connectivity index (χ4v) is 3.06. The molecule has 1 rings (SSSR count). The Hall–Kier alpha value is -1.99. The zero-order chi connectivity index (χ0) is 18.8. The molecule has 0 spiro atoms. The third-order valence-corrected chi connectivity index (χ3v) is 4.42. The Bertz CT molecular complexity index is 662. The van der Waals surface area contributed by atoms with Gasteiger partial charge in [-0.05, 0) is 24.6 Å². The number of hydrogen-bond donors (Lipinski definition) is 2. The van der Waals surface area contributed by atoms with E-state index in [1.807, 2.05) is 0 Å². The van der Waals surface area contributed by atoms with Crippen LogP contribution in [0.1, 0.15) is 19.4 Å². The molecule has 8 heteroatoms. The predicted octanol–water partition coefficient (Wildman–Crippen LogP) is 2.61. The monoisotopic (exact) mass is 385 g/mol. The Kier molecular flexibility index (Phi) is 9.08. The Morgan fingerprint density at radius 3 is 2.60 bits per heavy atom. The summed E-state index contributed by atoms with van der Waals surface area (Å²) in [4.78, 5) is 34.3. The van der Waals surface area contributed by atoms with Gasteiger partial charge < -0.3 is 15.2 Å². The molecule has 136 valence electrons. The van der Waals surface area contributed by atoms with E-state index in [2.05, 4.69) is 5.32 Å². The van der Waals surface area contributed by atoms with Gasteiger partial charge in [0.15, 0.2) is 0 Å². The van der Waals surface area contributed by atoms with E-state index < -0.39 is 23.9 Å². The first-order valence-electron chi connectivity index (χ1n) is 7.55. The first-order valence-corrected chi connectivity index (χ1v) is 9.08. The number of halogens is 1. The van der Waals surface area contributed by atoms with Crippen molar-refractivity contribution in [3.63, 3.8) is 0 Å². The summed E-state index contributed by atoms with van der Waals surface area (Å²) in [7, 11) is 0. The van der Waals surface area contributed by atoms with Crippen LogP contribution in [0.4, 0.5) is 0 Å². The van der Waals surface area contributed by atoms with Crippen LogP contribution in [0.5, 0.6) is 0 Å². The Balaban J connectivity index is 2.84. The van der Waals surface area contributed by atoms with Crippen LogP contribution < -0.4 is 5.32 Å². The first kappa shape index (κ1) is 21.1. The van der Waals surface area contributed by atoms with Gasteiger partial charge in [-0.1, -0.05) is 29.8 Å². The number of carbonyl (C=O) groups excluding carboxylic acids is 2. The van der Waals surface area contributed by atoms with Crippen molar-refractivity contribution in [2.45, 2.75) is 19.9 Å². The van der Waals surface area contributed by atoms with Crippen molar-refractivity contribution in [3.8, 4) is 0 Å². The van der Waals surface area contributed by atoms with Crippen molar-refractivity contribution < 1.29 is 24.2 Å². The fourth-order valence-electron chi connectivity index (χ4n) is 1.87. The molecule has 1 aromatic carbocycles. The zero-order valence-electron chi connectivity index (χ0n) is 14.0. The number of aliphatic carboxylic acids is 1. The SMILES string of the molecule is CCOC(=O)/C(=C/c1ccccc1Cl)CSCC(NC(C)=O)C(=O)O. The Morgan fingerprint density at radius 1 is 1.36 bits per heavy atom. The summed E-state index contributed by atoms with van der Waals surface area (Å²) in [6, 6.07) is 6.03. The average molecular weight is 386 g/mol. The molecular weight excluding hydrogens is 366 g/mol. The molecule has 1 atom stereocenters. The van der Waals surface area contributed by atoms with Gasteiger partial charge >= 0.3 is 11.9 Å². The van der Waals surface area contributed by atoms with Gasteiger partial charge in [0.05, 0.1) is 6.61 Å². The number of hydrogen-bond acceptors (Lipinski definition) is 5. The molecule has 0 aliphatic rings. The standard InChI is InChI=1S/C17H20ClNO5S/c1-3-24-17(23)13(8-12-6-4-5-7-14(12)18)9-25-10-15(16(21)22)19-11(2)20/h4-8,15H,3,9-10H2,1-2H3,(H,19,20)(H,21,22)/b13-8+. The van der Waals surface area contributed by atoms with Crippen LogP contribution in [0.25, 0.3) is 6.08 Å². The molecule has 0 aromatic heterocycles. The lowest BCUT2D eigenvalue weighted by atomic mass is 10.1. The highest BCUT2D eigenvalue weighted by Crippen LogP contribution is 2.21. The van der Waals surface area contributed by atoms with Crippen molar-refractivity contribution in [1.82, 2.24) is 5.32 Å². The van der Waals surface area contributed by atoms with Gasteiger partial charge in [0, 0.05) is 29.0 Å². The van der Waals surface area contributed by atoms with Crippen LogP contribution in [0.3, 0.4) is 0 Å². The number of rotatable bonds is 9. The normalized spacial score (nSPS) is 12.4. The number of thioether (sulfide) groups is 1. The molecule has 1 amide bonds. The van der Waals surface area contributed by atoms with Crippen molar-refractivity contribution in [1.29, 1.82) is 0 Å². The van der Waals surface area contributed by atoms with Crippen molar-refractivity contribution in [2.75, 3.05) is 18.1 Å². The summed E-state index contributed by atoms with van der Waals surface area (Å²) in [5, 5.41) is 11.9. The Labute approximate surface area is 155 Å². The Morgan fingerprint density at radius 2 is 2.04 bits per heavy atom. The minimum absolute atomic E-state index is 0.119. The quantitative estimate of drug-likeness (QED) is 0.501. The molecule has 1 unspecified atom stereocenters. The summed E-state index contributed by atoms with van der Waals surface area (Å²) < 4.78 is 5.04. The summed E-state index contributed by atoms with van der Waals surface area (Å²) in [6.07, 6.45) is 1.63. The minimum Gasteiger partial charge on any atom is -0.480 e. The van der Waals surface area contributed by atoms with Crippen molar-refractivity contribution in [3.05, 3.63) is 40.4 Å². The maximum atomic E-state index is 12.1. The minimum atomic E-state index is -1.13. The molecule has 0 fully saturated rings. The number of carboxylic acid groups (broad SMARTS) is 1. The number of nitrogens with one attached hydrogen (secondary N) is 1. The third-order valence-electron chi connectivity index (χ3n) is 2.99. The van der Waals surface area contributed by atoms with E-state index in [1.54, 1.807) is 37.3 Å². The van der Waals surface area contributed by atoms with Gasteiger partial charge in [0.25, 0.3) is 0 Å². The lowest BCUT2D eigenvalue weighted by Crippen LogP contribution is -2.41. The molecule has 0 radical (unpaired) electrons. The molecule has 0 bridgehead atoms. The highest BCUT2D eigenvalue weighted by molar-refractivity contribution is 7.99. The number of esters is 1. The van der Waals surface area contributed by atoms with E-state index in [-0.39, 0.29) is 18.1 Å². The predicted molar refractivity (Wildman–Crippen MR) is 98.6 cm³/mol. The summed E-state index contributed by atoms with van der Waals surface area (Å²) >= 11 is 7.32. The van der Waals surface area contributed by atoms with Crippen LogP contribution in [-0.4, -0.2) is 47.1 Å².